The summed E-state index contributed by atoms with van der Waals surface area (Å²) in [6, 6.07) is 4.21. The van der Waals surface area contributed by atoms with Crippen LogP contribution in [0.25, 0.3) is 0 Å². The number of hydrogen-bond acceptors (Lipinski definition) is 5. The van der Waals surface area contributed by atoms with Crippen molar-refractivity contribution in [3.8, 4) is 0 Å². The van der Waals surface area contributed by atoms with E-state index in [0.29, 0.717) is 25.2 Å². The summed E-state index contributed by atoms with van der Waals surface area (Å²) in [6.45, 7) is 2.65. The van der Waals surface area contributed by atoms with Crippen molar-refractivity contribution in [1.82, 2.24) is 9.88 Å². The van der Waals surface area contributed by atoms with E-state index in [1.54, 1.807) is 0 Å². The highest BCUT2D eigenvalue weighted by atomic mass is 16.5. The molecule has 1 fully saturated rings. The van der Waals surface area contributed by atoms with Crippen LogP contribution in [0.4, 0.5) is 5.82 Å². The molecule has 27 heavy (non-hydrogen) atoms. The Morgan fingerprint density at radius 2 is 2.07 bits per heavy atom. The third-order valence-corrected chi connectivity index (χ3v) is 5.74. The first-order valence-corrected chi connectivity index (χ1v) is 10.2. The number of fused-ring (bicyclic) bond motifs is 1. The molecule has 148 valence electrons. The number of methoxy groups -OCH3 is 1. The monoisotopic (exact) mass is 373 g/mol. The Hall–Kier alpha value is -2.11. The van der Waals surface area contributed by atoms with E-state index in [0.717, 1.165) is 69.7 Å². The van der Waals surface area contributed by atoms with Gasteiger partial charge in [-0.3, -0.25) is 9.59 Å². The zero-order valence-electron chi connectivity index (χ0n) is 16.3. The molecule has 6 nitrogen and oxygen atoms in total. The minimum Gasteiger partial charge on any atom is -0.469 e. The summed E-state index contributed by atoms with van der Waals surface area (Å²) < 4.78 is 4.68. The third-order valence-electron chi connectivity index (χ3n) is 5.74. The lowest BCUT2D eigenvalue weighted by atomic mass is 9.91. The molecule has 2 aliphatic rings. The molecule has 0 aliphatic carbocycles. The van der Waals surface area contributed by atoms with E-state index in [4.69, 9.17) is 0 Å². The van der Waals surface area contributed by atoms with E-state index in [1.165, 1.54) is 12.7 Å². The SMILES string of the molecule is COC(=O)CCCC1CCN(C(=O)CCc2ccc3c(n2)NCCC3)CC1. The molecule has 3 rings (SSSR count). The standard InChI is InChI=1S/C21H31N3O3/c1-27-20(26)6-2-4-16-11-14-24(15-12-16)19(25)10-9-18-8-7-17-5-3-13-22-21(17)23-18/h7-8,16H,2-6,9-15H2,1H3,(H,22,23). The van der Waals surface area contributed by atoms with Gasteiger partial charge in [0.25, 0.3) is 0 Å². The normalized spacial score (nSPS) is 17.1. The van der Waals surface area contributed by atoms with Crippen LogP contribution in [0.2, 0.25) is 0 Å². The van der Waals surface area contributed by atoms with Gasteiger partial charge in [0.2, 0.25) is 5.91 Å². The van der Waals surface area contributed by atoms with Crippen LogP contribution in [0.1, 0.15) is 56.2 Å². The first-order chi connectivity index (χ1) is 13.2. The smallest absolute Gasteiger partial charge is 0.305 e. The maximum Gasteiger partial charge on any atom is 0.305 e. The van der Waals surface area contributed by atoms with Gasteiger partial charge in [0.1, 0.15) is 5.82 Å². The minimum atomic E-state index is -0.131. The molecule has 0 spiro atoms. The Kier molecular flexibility index (Phi) is 7.07. The van der Waals surface area contributed by atoms with Crippen LogP contribution in [0.3, 0.4) is 0 Å². The number of piperidine rings is 1. The largest absolute Gasteiger partial charge is 0.469 e. The summed E-state index contributed by atoms with van der Waals surface area (Å²) in [6.07, 6.45) is 7.96. The molecule has 0 aromatic carbocycles. The van der Waals surface area contributed by atoms with Gasteiger partial charge in [0.05, 0.1) is 7.11 Å². The molecule has 2 aliphatic heterocycles. The van der Waals surface area contributed by atoms with Crippen LogP contribution in [0.5, 0.6) is 0 Å². The van der Waals surface area contributed by atoms with E-state index >= 15 is 0 Å². The van der Waals surface area contributed by atoms with Gasteiger partial charge in [-0.25, -0.2) is 4.98 Å². The Morgan fingerprint density at radius 1 is 1.26 bits per heavy atom. The average molecular weight is 373 g/mol. The Labute approximate surface area is 161 Å². The fraction of sp³-hybridized carbons (Fsp3) is 0.667. The van der Waals surface area contributed by atoms with Crippen LogP contribution < -0.4 is 5.32 Å². The number of rotatable bonds is 7. The van der Waals surface area contributed by atoms with Crippen molar-refractivity contribution >= 4 is 17.7 Å². The summed E-state index contributed by atoms with van der Waals surface area (Å²) in [5.74, 6) is 1.72. The first kappa shape index (κ1) is 19.6. The molecule has 0 unspecified atom stereocenters. The van der Waals surface area contributed by atoms with Gasteiger partial charge in [-0.05, 0) is 62.5 Å². The number of nitrogens with one attached hydrogen (secondary N) is 1. The Bertz CT molecular complexity index is 654. The van der Waals surface area contributed by atoms with Gasteiger partial charge >= 0.3 is 5.97 Å². The quantitative estimate of drug-likeness (QED) is 0.744. The van der Waals surface area contributed by atoms with Crippen molar-refractivity contribution in [3.63, 3.8) is 0 Å². The molecule has 0 atom stereocenters. The van der Waals surface area contributed by atoms with Gasteiger partial charge < -0.3 is 15.0 Å². The predicted octanol–water partition coefficient (Wildman–Crippen LogP) is 2.95. The van der Waals surface area contributed by atoms with Crippen LogP contribution in [0, 0.1) is 5.92 Å². The zero-order chi connectivity index (χ0) is 19.1. The number of aromatic nitrogens is 1. The highest BCUT2D eigenvalue weighted by molar-refractivity contribution is 5.76. The minimum absolute atomic E-state index is 0.131. The number of ether oxygens (including phenoxy) is 1. The Morgan fingerprint density at radius 3 is 2.85 bits per heavy atom. The van der Waals surface area contributed by atoms with Gasteiger partial charge in [0, 0.05) is 38.2 Å². The van der Waals surface area contributed by atoms with Crippen molar-refractivity contribution in [2.24, 2.45) is 5.92 Å². The number of amides is 1. The summed E-state index contributed by atoms with van der Waals surface area (Å²) in [7, 11) is 1.43. The lowest BCUT2D eigenvalue weighted by molar-refractivity contribution is -0.140. The highest BCUT2D eigenvalue weighted by Crippen LogP contribution is 2.24. The molecule has 0 saturated carbocycles. The topological polar surface area (TPSA) is 71.5 Å². The van der Waals surface area contributed by atoms with Crippen LogP contribution >= 0.6 is 0 Å². The van der Waals surface area contributed by atoms with Gasteiger partial charge in [0.15, 0.2) is 0 Å². The molecule has 1 aromatic heterocycles. The fourth-order valence-electron chi connectivity index (χ4n) is 4.01. The molecule has 3 heterocycles. The van der Waals surface area contributed by atoms with Gasteiger partial charge in [-0.2, -0.15) is 0 Å². The molecule has 1 aromatic rings. The summed E-state index contributed by atoms with van der Waals surface area (Å²) >= 11 is 0. The summed E-state index contributed by atoms with van der Waals surface area (Å²) in [5, 5.41) is 3.35. The zero-order valence-corrected chi connectivity index (χ0v) is 16.3. The second-order valence-electron chi connectivity index (χ2n) is 7.63. The number of hydrogen-bond donors (Lipinski definition) is 1. The van der Waals surface area contributed by atoms with E-state index in [1.807, 2.05) is 4.90 Å². The number of carbonyl (C=O) groups excluding carboxylic acids is 2. The number of anilines is 1. The van der Waals surface area contributed by atoms with Crippen LogP contribution in [0.15, 0.2) is 12.1 Å². The second-order valence-corrected chi connectivity index (χ2v) is 7.63. The van der Waals surface area contributed by atoms with Gasteiger partial charge in [-0.15, -0.1) is 0 Å². The van der Waals surface area contributed by atoms with Crippen molar-refractivity contribution in [2.45, 2.75) is 57.8 Å². The third kappa shape index (κ3) is 5.68. The van der Waals surface area contributed by atoms with E-state index < -0.39 is 0 Å². The highest BCUT2D eigenvalue weighted by Gasteiger charge is 2.22. The predicted molar refractivity (Wildman–Crippen MR) is 105 cm³/mol. The molecule has 0 bridgehead atoms. The molecule has 1 N–H and O–H groups in total. The maximum absolute atomic E-state index is 12.5. The summed E-state index contributed by atoms with van der Waals surface area (Å²) in [4.78, 5) is 30.4. The van der Waals surface area contributed by atoms with Crippen molar-refractivity contribution in [3.05, 3.63) is 23.4 Å². The Balaban J connectivity index is 1.38. The van der Waals surface area contributed by atoms with E-state index in [2.05, 4.69) is 27.2 Å². The number of nitrogens with zero attached hydrogens (tertiary/aromatic N) is 2. The average Bonchev–Trinajstić information content (AvgIpc) is 2.72. The van der Waals surface area contributed by atoms with E-state index in [9.17, 15) is 9.59 Å². The molecule has 1 saturated heterocycles. The lowest BCUT2D eigenvalue weighted by Crippen LogP contribution is -2.38. The molecule has 1 amide bonds. The number of pyridine rings is 1. The molecular formula is C21H31N3O3. The maximum atomic E-state index is 12.5. The van der Waals surface area contributed by atoms with Crippen molar-refractivity contribution < 1.29 is 14.3 Å². The molecular weight excluding hydrogens is 342 g/mol. The van der Waals surface area contributed by atoms with E-state index in [-0.39, 0.29) is 11.9 Å². The van der Waals surface area contributed by atoms with Gasteiger partial charge in [-0.1, -0.05) is 6.07 Å². The molecule has 6 heteroatoms. The fourth-order valence-corrected chi connectivity index (χ4v) is 4.01. The number of likely N-dealkylation sites (tertiary alicyclic amines) is 1. The van der Waals surface area contributed by atoms with Crippen LogP contribution in [-0.4, -0.2) is 48.5 Å². The second kappa shape index (κ2) is 9.72. The van der Waals surface area contributed by atoms with Crippen LogP contribution in [-0.2, 0) is 27.2 Å². The lowest BCUT2D eigenvalue weighted by Gasteiger charge is -2.32. The number of esters is 1. The summed E-state index contributed by atoms with van der Waals surface area (Å²) in [5.41, 5.74) is 2.28. The number of carbonyl (C=O) groups is 2. The van der Waals surface area contributed by atoms with Crippen molar-refractivity contribution in [2.75, 3.05) is 32.1 Å². The number of aryl methyl sites for hydroxylation is 2. The van der Waals surface area contributed by atoms with Crippen molar-refractivity contribution in [1.29, 1.82) is 0 Å². The molecule has 0 radical (unpaired) electrons. The first-order valence-electron chi connectivity index (χ1n) is 10.2.